The predicted molar refractivity (Wildman–Crippen MR) is 108 cm³/mol. The number of hydrogen-bond donors (Lipinski definition) is 1. The number of aromatic nitrogens is 6. The van der Waals surface area contributed by atoms with Crippen LogP contribution in [0.4, 0.5) is 10.1 Å². The molecule has 0 spiro atoms. The zero-order chi connectivity index (χ0) is 20.5. The highest BCUT2D eigenvalue weighted by atomic mass is 19.1. The van der Waals surface area contributed by atoms with Crippen LogP contribution in [0.25, 0.3) is 11.3 Å². The Balaban J connectivity index is 1.27. The summed E-state index contributed by atoms with van der Waals surface area (Å²) < 4.78 is 18.5. The molecule has 0 radical (unpaired) electrons. The number of nitrogens with zero attached hydrogens (tertiary/aromatic N) is 6. The van der Waals surface area contributed by atoms with Gasteiger partial charge in [0.1, 0.15) is 11.5 Å². The van der Waals surface area contributed by atoms with E-state index in [0.29, 0.717) is 17.9 Å². The van der Waals surface area contributed by atoms with Gasteiger partial charge in [-0.15, -0.1) is 0 Å². The number of nitrogens with one attached hydrogen (secondary N) is 1. The molecule has 0 aliphatic carbocycles. The fourth-order valence-corrected chi connectivity index (χ4v) is 3.15. The van der Waals surface area contributed by atoms with Crippen LogP contribution in [-0.2, 0) is 6.54 Å². The van der Waals surface area contributed by atoms with Gasteiger partial charge in [0, 0.05) is 24.8 Å². The molecule has 5 aromatic rings. The maximum atomic E-state index is 13.4. The van der Waals surface area contributed by atoms with Crippen LogP contribution < -0.4 is 5.32 Å². The summed E-state index contributed by atoms with van der Waals surface area (Å²) in [5.41, 5.74) is 3.02. The largest absolute Gasteiger partial charge is 0.318 e. The van der Waals surface area contributed by atoms with Crippen LogP contribution in [0.15, 0.2) is 79.5 Å². The molecule has 5 rings (SSSR count). The molecule has 4 aromatic heterocycles. The number of benzene rings is 1. The van der Waals surface area contributed by atoms with E-state index < -0.39 is 0 Å². The van der Waals surface area contributed by atoms with Crippen molar-refractivity contribution >= 4 is 17.2 Å². The maximum absolute atomic E-state index is 13.4. The molecule has 0 aliphatic rings. The van der Waals surface area contributed by atoms with E-state index in [0.717, 1.165) is 11.3 Å². The molecular weight excluding hydrogens is 385 g/mol. The Bertz CT molecular complexity index is 1320. The summed E-state index contributed by atoms with van der Waals surface area (Å²) in [5, 5.41) is 11.3. The SMILES string of the molecule is O=C(Nc1cnn(Cc2cn3ccccc3n2)c1)c1ccn(-c2cccc(F)c2)n1. The summed E-state index contributed by atoms with van der Waals surface area (Å²) in [6.07, 6.45) is 8.77. The maximum Gasteiger partial charge on any atom is 0.276 e. The van der Waals surface area contributed by atoms with Gasteiger partial charge in [-0.25, -0.2) is 14.1 Å². The first-order chi connectivity index (χ1) is 14.6. The van der Waals surface area contributed by atoms with Crippen molar-refractivity contribution in [3.8, 4) is 5.69 Å². The summed E-state index contributed by atoms with van der Waals surface area (Å²) >= 11 is 0. The smallest absolute Gasteiger partial charge is 0.276 e. The average Bonchev–Trinajstić information content (AvgIpc) is 3.47. The van der Waals surface area contributed by atoms with E-state index in [9.17, 15) is 9.18 Å². The highest BCUT2D eigenvalue weighted by Gasteiger charge is 2.12. The minimum absolute atomic E-state index is 0.215. The monoisotopic (exact) mass is 401 g/mol. The second-order valence-corrected chi connectivity index (χ2v) is 6.70. The van der Waals surface area contributed by atoms with Gasteiger partial charge in [-0.1, -0.05) is 12.1 Å². The number of halogens is 1. The lowest BCUT2D eigenvalue weighted by molar-refractivity contribution is 0.102. The minimum Gasteiger partial charge on any atom is -0.318 e. The summed E-state index contributed by atoms with van der Waals surface area (Å²) in [6.45, 7) is 0.478. The van der Waals surface area contributed by atoms with Crippen molar-refractivity contribution in [2.24, 2.45) is 0 Å². The molecule has 1 amide bonds. The molecule has 0 saturated carbocycles. The first kappa shape index (κ1) is 17.8. The number of pyridine rings is 1. The van der Waals surface area contributed by atoms with Crippen LogP contribution in [-0.4, -0.2) is 34.9 Å². The van der Waals surface area contributed by atoms with E-state index >= 15 is 0 Å². The summed E-state index contributed by atoms with van der Waals surface area (Å²) in [5.74, 6) is -0.746. The minimum atomic E-state index is -0.377. The molecule has 0 fully saturated rings. The summed E-state index contributed by atoms with van der Waals surface area (Å²) in [4.78, 5) is 17.0. The van der Waals surface area contributed by atoms with Gasteiger partial charge in [0.25, 0.3) is 5.91 Å². The Morgan fingerprint density at radius 1 is 1.07 bits per heavy atom. The summed E-state index contributed by atoms with van der Waals surface area (Å²) in [7, 11) is 0. The quantitative estimate of drug-likeness (QED) is 0.491. The van der Waals surface area contributed by atoms with E-state index in [1.54, 1.807) is 41.5 Å². The Hall–Kier alpha value is -4.27. The number of fused-ring (bicyclic) bond motifs is 1. The Morgan fingerprint density at radius 3 is 2.87 bits per heavy atom. The molecule has 0 unspecified atom stereocenters. The van der Waals surface area contributed by atoms with Crippen molar-refractivity contribution in [1.29, 1.82) is 0 Å². The van der Waals surface area contributed by atoms with Crippen LogP contribution in [0.2, 0.25) is 0 Å². The van der Waals surface area contributed by atoms with Crippen LogP contribution in [0.1, 0.15) is 16.2 Å². The first-order valence-electron chi connectivity index (χ1n) is 9.22. The highest BCUT2D eigenvalue weighted by molar-refractivity contribution is 6.02. The van der Waals surface area contributed by atoms with Crippen LogP contribution >= 0.6 is 0 Å². The molecule has 4 heterocycles. The van der Waals surface area contributed by atoms with Gasteiger partial charge in [-0.05, 0) is 36.4 Å². The molecule has 9 heteroatoms. The molecule has 1 aromatic carbocycles. The molecule has 30 heavy (non-hydrogen) atoms. The van der Waals surface area contributed by atoms with E-state index in [-0.39, 0.29) is 17.4 Å². The van der Waals surface area contributed by atoms with Crippen LogP contribution in [0.3, 0.4) is 0 Å². The zero-order valence-corrected chi connectivity index (χ0v) is 15.7. The molecule has 0 saturated heterocycles. The number of carbonyl (C=O) groups excluding carboxylic acids is 1. The van der Waals surface area contributed by atoms with Gasteiger partial charge < -0.3 is 9.72 Å². The lowest BCUT2D eigenvalue weighted by Gasteiger charge is -2.01. The third kappa shape index (κ3) is 3.55. The van der Waals surface area contributed by atoms with Gasteiger partial charge in [-0.3, -0.25) is 9.48 Å². The van der Waals surface area contributed by atoms with Crippen LogP contribution in [0, 0.1) is 5.82 Å². The van der Waals surface area contributed by atoms with Crippen molar-refractivity contribution in [3.63, 3.8) is 0 Å². The number of hydrogen-bond acceptors (Lipinski definition) is 4. The number of imidazole rings is 1. The third-order valence-corrected chi connectivity index (χ3v) is 4.52. The van der Waals surface area contributed by atoms with Gasteiger partial charge in [0.05, 0.1) is 29.8 Å². The standard InChI is InChI=1S/C21H16FN7O/c22-15-4-3-5-18(10-15)29-9-7-19(26-29)21(30)25-16-11-23-28(13-16)14-17-12-27-8-2-1-6-20(27)24-17/h1-13H,14H2,(H,25,30). The Morgan fingerprint density at radius 2 is 2.00 bits per heavy atom. The van der Waals surface area contributed by atoms with Crippen molar-refractivity contribution in [2.45, 2.75) is 6.54 Å². The van der Waals surface area contributed by atoms with Crippen molar-refractivity contribution in [2.75, 3.05) is 5.32 Å². The first-order valence-corrected chi connectivity index (χ1v) is 9.22. The van der Waals surface area contributed by atoms with Crippen molar-refractivity contribution in [3.05, 3.63) is 96.7 Å². The number of carbonyl (C=O) groups is 1. The molecule has 0 bridgehead atoms. The summed E-state index contributed by atoms with van der Waals surface area (Å²) in [6, 6.07) is 13.4. The molecule has 8 nitrogen and oxygen atoms in total. The third-order valence-electron chi connectivity index (χ3n) is 4.52. The van der Waals surface area contributed by atoms with E-state index in [1.165, 1.54) is 16.8 Å². The van der Waals surface area contributed by atoms with Gasteiger partial charge in [0.2, 0.25) is 0 Å². The fraction of sp³-hybridized carbons (Fsp3) is 0.0476. The van der Waals surface area contributed by atoms with Crippen LogP contribution in [0.5, 0.6) is 0 Å². The number of amides is 1. The van der Waals surface area contributed by atoms with Crippen molar-refractivity contribution < 1.29 is 9.18 Å². The molecule has 1 N–H and O–H groups in total. The second-order valence-electron chi connectivity index (χ2n) is 6.70. The van der Waals surface area contributed by atoms with Gasteiger partial charge in [-0.2, -0.15) is 10.2 Å². The lowest BCUT2D eigenvalue weighted by Crippen LogP contribution is -2.12. The fourth-order valence-electron chi connectivity index (χ4n) is 3.15. The van der Waals surface area contributed by atoms with Crippen molar-refractivity contribution in [1.82, 2.24) is 28.9 Å². The normalized spacial score (nSPS) is 11.1. The molecule has 0 atom stereocenters. The second kappa shape index (κ2) is 7.28. The predicted octanol–water partition coefficient (Wildman–Crippen LogP) is 3.16. The molecular formula is C21H16FN7O. The number of rotatable bonds is 5. The lowest BCUT2D eigenvalue weighted by atomic mass is 10.3. The molecule has 0 aliphatic heterocycles. The van der Waals surface area contributed by atoms with Gasteiger partial charge in [0.15, 0.2) is 5.69 Å². The zero-order valence-electron chi connectivity index (χ0n) is 15.7. The number of anilines is 1. The van der Waals surface area contributed by atoms with E-state index in [2.05, 4.69) is 20.5 Å². The van der Waals surface area contributed by atoms with Gasteiger partial charge >= 0.3 is 0 Å². The van der Waals surface area contributed by atoms with E-state index in [4.69, 9.17) is 0 Å². The molecule has 148 valence electrons. The van der Waals surface area contributed by atoms with E-state index in [1.807, 2.05) is 35.0 Å². The Labute approximate surface area is 170 Å². The topological polar surface area (TPSA) is 82.0 Å². The average molecular weight is 401 g/mol. The highest BCUT2D eigenvalue weighted by Crippen LogP contribution is 2.13. The Kier molecular flexibility index (Phi) is 4.32.